The van der Waals surface area contributed by atoms with Crippen molar-refractivity contribution in [1.29, 1.82) is 0 Å². The monoisotopic (exact) mass is 343 g/mol. The third kappa shape index (κ3) is 2.77. The molecule has 90 valence electrons. The molecule has 0 saturated heterocycles. The summed E-state index contributed by atoms with van der Waals surface area (Å²) in [6, 6.07) is 3.65. The summed E-state index contributed by atoms with van der Waals surface area (Å²) in [6.07, 6.45) is 2.49. The highest BCUT2D eigenvalue weighted by molar-refractivity contribution is 14.1. The van der Waals surface area contributed by atoms with Gasteiger partial charge in [0.25, 0.3) is 0 Å². The Labute approximate surface area is 114 Å². The Morgan fingerprint density at radius 1 is 1.41 bits per heavy atom. The maximum atomic E-state index is 5.90. The number of aromatic nitrogens is 2. The number of hydrogen-bond donors (Lipinski definition) is 1. The van der Waals surface area contributed by atoms with Gasteiger partial charge in [-0.2, -0.15) is 0 Å². The Balaban J connectivity index is 2.46. The molecule has 0 aromatic carbocycles. The molecule has 0 aliphatic heterocycles. The average molecular weight is 343 g/mol. The van der Waals surface area contributed by atoms with Gasteiger partial charge in [0.05, 0.1) is 15.5 Å². The third-order valence-corrected chi connectivity index (χ3v) is 3.46. The van der Waals surface area contributed by atoms with E-state index in [2.05, 4.69) is 46.4 Å². The van der Waals surface area contributed by atoms with Gasteiger partial charge in [-0.15, -0.1) is 0 Å². The van der Waals surface area contributed by atoms with Gasteiger partial charge in [0, 0.05) is 0 Å². The summed E-state index contributed by atoms with van der Waals surface area (Å²) in [5, 5.41) is 0. The molecular weight excluding hydrogens is 329 g/mol. The Bertz CT molecular complexity index is 509. The number of furan rings is 1. The Morgan fingerprint density at radius 3 is 2.76 bits per heavy atom. The molecule has 0 radical (unpaired) electrons. The lowest BCUT2D eigenvalue weighted by Crippen LogP contribution is -2.07. The summed E-state index contributed by atoms with van der Waals surface area (Å²) < 4.78 is 6.23. The largest absolute Gasteiger partial charge is 0.461 e. The van der Waals surface area contributed by atoms with Gasteiger partial charge in [0.15, 0.2) is 11.6 Å². The van der Waals surface area contributed by atoms with Gasteiger partial charge >= 0.3 is 0 Å². The SMILES string of the molecule is CC(C)Cc1nc(-c2ccco2)nc(N)c1I. The zero-order chi connectivity index (χ0) is 12.4. The summed E-state index contributed by atoms with van der Waals surface area (Å²) in [5.74, 6) is 2.26. The molecule has 0 aliphatic carbocycles. The van der Waals surface area contributed by atoms with E-state index in [1.165, 1.54) is 0 Å². The van der Waals surface area contributed by atoms with Gasteiger partial charge in [-0.05, 0) is 47.1 Å². The molecule has 0 atom stereocenters. The minimum Gasteiger partial charge on any atom is -0.461 e. The molecule has 0 amide bonds. The molecule has 2 rings (SSSR count). The first-order valence-corrected chi connectivity index (χ1v) is 6.51. The highest BCUT2D eigenvalue weighted by atomic mass is 127. The second-order valence-corrected chi connectivity index (χ2v) is 5.35. The topological polar surface area (TPSA) is 64.9 Å². The van der Waals surface area contributed by atoms with Crippen LogP contribution in [-0.4, -0.2) is 9.97 Å². The summed E-state index contributed by atoms with van der Waals surface area (Å²) in [5.41, 5.74) is 6.89. The van der Waals surface area contributed by atoms with Gasteiger partial charge in [-0.1, -0.05) is 13.8 Å². The van der Waals surface area contributed by atoms with Crippen LogP contribution in [0.15, 0.2) is 22.8 Å². The number of rotatable bonds is 3. The standard InChI is InChI=1S/C12H14IN3O/c1-7(2)6-8-10(13)11(14)16-12(15-8)9-4-3-5-17-9/h3-5,7H,6H2,1-2H3,(H2,14,15,16). The van der Waals surface area contributed by atoms with Crippen LogP contribution in [0.4, 0.5) is 5.82 Å². The van der Waals surface area contributed by atoms with E-state index in [1.54, 1.807) is 6.26 Å². The Hall–Kier alpha value is -1.11. The van der Waals surface area contributed by atoms with E-state index in [0.717, 1.165) is 15.7 Å². The van der Waals surface area contributed by atoms with E-state index in [-0.39, 0.29) is 0 Å². The number of nitrogens with zero attached hydrogens (tertiary/aromatic N) is 2. The zero-order valence-electron chi connectivity index (χ0n) is 9.77. The van der Waals surface area contributed by atoms with Crippen molar-refractivity contribution in [3.8, 4) is 11.6 Å². The van der Waals surface area contributed by atoms with E-state index in [9.17, 15) is 0 Å². The molecule has 0 fully saturated rings. The van der Waals surface area contributed by atoms with Crippen LogP contribution in [0.5, 0.6) is 0 Å². The van der Waals surface area contributed by atoms with Crippen LogP contribution >= 0.6 is 22.6 Å². The molecule has 0 unspecified atom stereocenters. The molecule has 0 spiro atoms. The Morgan fingerprint density at radius 2 is 2.18 bits per heavy atom. The van der Waals surface area contributed by atoms with Gasteiger partial charge in [-0.3, -0.25) is 0 Å². The lowest BCUT2D eigenvalue weighted by molar-refractivity contribution is 0.575. The maximum absolute atomic E-state index is 5.90. The van der Waals surface area contributed by atoms with Crippen molar-refractivity contribution in [2.24, 2.45) is 5.92 Å². The molecule has 2 aromatic rings. The summed E-state index contributed by atoms with van der Waals surface area (Å²) >= 11 is 2.19. The van der Waals surface area contributed by atoms with Gasteiger partial charge in [0.2, 0.25) is 0 Å². The van der Waals surface area contributed by atoms with Crippen molar-refractivity contribution in [2.45, 2.75) is 20.3 Å². The second kappa shape index (κ2) is 5.03. The van der Waals surface area contributed by atoms with E-state index >= 15 is 0 Å². The summed E-state index contributed by atoms with van der Waals surface area (Å²) in [7, 11) is 0. The first-order valence-electron chi connectivity index (χ1n) is 5.43. The van der Waals surface area contributed by atoms with Crippen LogP contribution in [0.1, 0.15) is 19.5 Å². The molecule has 2 heterocycles. The molecule has 2 aromatic heterocycles. The molecule has 0 bridgehead atoms. The minimum atomic E-state index is 0.516. The number of nitrogen functional groups attached to an aromatic ring is 1. The van der Waals surface area contributed by atoms with Crippen molar-refractivity contribution in [2.75, 3.05) is 5.73 Å². The predicted molar refractivity (Wildman–Crippen MR) is 75.4 cm³/mol. The van der Waals surface area contributed by atoms with E-state index < -0.39 is 0 Å². The van der Waals surface area contributed by atoms with Crippen LogP contribution in [0.25, 0.3) is 11.6 Å². The molecule has 5 heteroatoms. The van der Waals surface area contributed by atoms with Crippen LogP contribution < -0.4 is 5.73 Å². The van der Waals surface area contributed by atoms with E-state index in [1.807, 2.05) is 12.1 Å². The molecular formula is C12H14IN3O. The van der Waals surface area contributed by atoms with E-state index in [0.29, 0.717) is 23.3 Å². The molecule has 0 saturated carbocycles. The number of halogens is 1. The normalized spacial score (nSPS) is 11.1. The first kappa shape index (κ1) is 12.3. The summed E-state index contributed by atoms with van der Waals surface area (Å²) in [6.45, 7) is 4.31. The first-order chi connectivity index (χ1) is 8.08. The molecule has 2 N–H and O–H groups in total. The number of hydrogen-bond acceptors (Lipinski definition) is 4. The zero-order valence-corrected chi connectivity index (χ0v) is 11.9. The maximum Gasteiger partial charge on any atom is 0.197 e. The highest BCUT2D eigenvalue weighted by Crippen LogP contribution is 2.24. The van der Waals surface area contributed by atoms with Crippen molar-refractivity contribution in [1.82, 2.24) is 9.97 Å². The average Bonchev–Trinajstić information content (AvgIpc) is 2.77. The smallest absolute Gasteiger partial charge is 0.197 e. The van der Waals surface area contributed by atoms with Crippen molar-refractivity contribution in [3.63, 3.8) is 0 Å². The number of nitrogens with two attached hydrogens (primary N) is 1. The fourth-order valence-electron chi connectivity index (χ4n) is 1.55. The predicted octanol–water partition coefficient (Wildman–Crippen LogP) is 3.12. The molecule has 17 heavy (non-hydrogen) atoms. The van der Waals surface area contributed by atoms with Gasteiger partial charge < -0.3 is 10.2 Å². The van der Waals surface area contributed by atoms with Gasteiger partial charge in [-0.25, -0.2) is 9.97 Å². The quantitative estimate of drug-likeness (QED) is 0.870. The highest BCUT2D eigenvalue weighted by Gasteiger charge is 2.13. The fourth-order valence-corrected chi connectivity index (χ4v) is 2.01. The van der Waals surface area contributed by atoms with Crippen molar-refractivity contribution >= 4 is 28.4 Å². The van der Waals surface area contributed by atoms with Crippen molar-refractivity contribution < 1.29 is 4.42 Å². The second-order valence-electron chi connectivity index (χ2n) is 4.27. The van der Waals surface area contributed by atoms with Crippen LogP contribution in [-0.2, 0) is 6.42 Å². The van der Waals surface area contributed by atoms with Crippen molar-refractivity contribution in [3.05, 3.63) is 27.7 Å². The minimum absolute atomic E-state index is 0.516. The lowest BCUT2D eigenvalue weighted by atomic mass is 10.1. The van der Waals surface area contributed by atoms with Crippen LogP contribution in [0.3, 0.4) is 0 Å². The van der Waals surface area contributed by atoms with Gasteiger partial charge in [0.1, 0.15) is 5.82 Å². The fraction of sp³-hybridized carbons (Fsp3) is 0.333. The number of anilines is 1. The summed E-state index contributed by atoms with van der Waals surface area (Å²) in [4.78, 5) is 8.77. The Kier molecular flexibility index (Phi) is 3.66. The third-order valence-electron chi connectivity index (χ3n) is 2.29. The van der Waals surface area contributed by atoms with Crippen LogP contribution in [0, 0.1) is 9.49 Å². The van der Waals surface area contributed by atoms with Crippen LogP contribution in [0.2, 0.25) is 0 Å². The van der Waals surface area contributed by atoms with E-state index in [4.69, 9.17) is 10.2 Å². The molecule has 4 nitrogen and oxygen atoms in total. The molecule has 0 aliphatic rings. The lowest BCUT2D eigenvalue weighted by Gasteiger charge is -2.09.